The molecular weight excluding hydrogens is 485 g/mol. The monoisotopic (exact) mass is 503 g/mol. The van der Waals surface area contributed by atoms with E-state index in [1.54, 1.807) is 11.1 Å². The van der Waals surface area contributed by atoms with Gasteiger partial charge in [-0.15, -0.1) is 0 Å². The van der Waals surface area contributed by atoms with Gasteiger partial charge in [-0.2, -0.15) is 0 Å². The average Bonchev–Trinajstić information content (AvgIpc) is 3.01. The quantitative estimate of drug-likeness (QED) is 0.306. The number of amidine groups is 1. The molecular formula is C25H18IN3O. The molecule has 1 aliphatic heterocycles. The van der Waals surface area contributed by atoms with Crippen LogP contribution in [-0.2, 0) is 0 Å². The fraction of sp³-hybridized carbons (Fsp3) is 0.0800. The maximum absolute atomic E-state index is 13.5. The van der Waals surface area contributed by atoms with E-state index in [1.165, 1.54) is 0 Å². The fourth-order valence-electron chi connectivity index (χ4n) is 3.92. The second-order valence-electron chi connectivity index (χ2n) is 7.36. The predicted molar refractivity (Wildman–Crippen MR) is 130 cm³/mol. The summed E-state index contributed by atoms with van der Waals surface area (Å²) in [5.41, 5.74) is 6.08. The first-order valence-electron chi connectivity index (χ1n) is 9.67. The molecule has 1 aromatic heterocycles. The number of benzene rings is 3. The van der Waals surface area contributed by atoms with Crippen molar-refractivity contribution in [1.82, 2.24) is 4.98 Å². The van der Waals surface area contributed by atoms with Crippen LogP contribution in [0.4, 0.5) is 11.4 Å². The number of pyridine rings is 1. The third kappa shape index (κ3) is 3.01. The number of fused-ring (bicyclic) bond motifs is 2. The Kier molecular flexibility index (Phi) is 4.62. The van der Waals surface area contributed by atoms with E-state index in [0.717, 1.165) is 42.5 Å². The molecule has 0 N–H and O–H groups in total. The van der Waals surface area contributed by atoms with Gasteiger partial charge in [-0.3, -0.25) is 14.7 Å². The first-order valence-corrected chi connectivity index (χ1v) is 10.8. The number of aromatic nitrogens is 1. The van der Waals surface area contributed by atoms with Gasteiger partial charge in [-0.05, 0) is 77.9 Å². The number of nitrogens with zero attached hydrogens (tertiary/aromatic N) is 3. The number of carbonyl (C=O) groups excluding carboxylic acids is 1. The summed E-state index contributed by atoms with van der Waals surface area (Å²) in [5, 5.41) is 0.986. The van der Waals surface area contributed by atoms with Crippen LogP contribution in [0.3, 0.4) is 0 Å². The summed E-state index contributed by atoms with van der Waals surface area (Å²) in [6.45, 7) is 4.09. The topological polar surface area (TPSA) is 45.6 Å². The van der Waals surface area contributed by atoms with E-state index in [4.69, 9.17) is 4.99 Å². The molecule has 3 aromatic carbocycles. The number of aliphatic imine (C=N–C) groups is 1. The predicted octanol–water partition coefficient (Wildman–Crippen LogP) is 6.19. The van der Waals surface area contributed by atoms with Crippen molar-refractivity contribution in [3.63, 3.8) is 0 Å². The molecule has 30 heavy (non-hydrogen) atoms. The van der Waals surface area contributed by atoms with E-state index in [1.807, 2.05) is 80.6 Å². The highest BCUT2D eigenvalue weighted by Gasteiger charge is 2.36. The lowest BCUT2D eigenvalue weighted by atomic mass is 10.1. The average molecular weight is 503 g/mol. The van der Waals surface area contributed by atoms with Crippen molar-refractivity contribution in [2.75, 3.05) is 4.90 Å². The minimum atomic E-state index is -0.0791. The van der Waals surface area contributed by atoms with Crippen LogP contribution in [0, 0.1) is 17.4 Å². The summed E-state index contributed by atoms with van der Waals surface area (Å²) in [6, 6.07) is 21.8. The zero-order valence-electron chi connectivity index (χ0n) is 16.6. The number of amides is 1. The molecule has 0 aliphatic carbocycles. The molecule has 4 nitrogen and oxygen atoms in total. The summed E-state index contributed by atoms with van der Waals surface area (Å²) < 4.78 is 1.06. The van der Waals surface area contributed by atoms with E-state index in [-0.39, 0.29) is 5.91 Å². The molecule has 5 heteroatoms. The summed E-state index contributed by atoms with van der Waals surface area (Å²) in [4.78, 5) is 24.9. The Balaban J connectivity index is 1.81. The normalized spacial score (nSPS) is 14.6. The highest BCUT2D eigenvalue weighted by Crippen LogP contribution is 2.36. The number of para-hydroxylation sites is 2. The number of hydrogen-bond acceptors (Lipinski definition) is 3. The largest absolute Gasteiger partial charge is 0.268 e. The highest BCUT2D eigenvalue weighted by molar-refractivity contribution is 14.1. The molecule has 1 amide bonds. The molecule has 2 heterocycles. The lowest BCUT2D eigenvalue weighted by Crippen LogP contribution is -2.30. The van der Waals surface area contributed by atoms with Crippen LogP contribution in [0.2, 0.25) is 0 Å². The molecule has 0 unspecified atom stereocenters. The SMILES string of the molecule is Cc1cccc(C)c1N=C1c2cc(I)ccc2C(=O)N1c1cccc2cccnc12. The third-order valence-electron chi connectivity index (χ3n) is 5.38. The van der Waals surface area contributed by atoms with Crippen molar-refractivity contribution in [3.05, 3.63) is 98.8 Å². The van der Waals surface area contributed by atoms with Crippen LogP contribution < -0.4 is 4.90 Å². The van der Waals surface area contributed by atoms with Crippen LogP contribution in [0.1, 0.15) is 27.0 Å². The van der Waals surface area contributed by atoms with Gasteiger partial charge < -0.3 is 0 Å². The lowest BCUT2D eigenvalue weighted by Gasteiger charge is -2.19. The first kappa shape index (κ1) is 18.9. The van der Waals surface area contributed by atoms with Gasteiger partial charge in [0.25, 0.3) is 5.91 Å². The molecule has 0 atom stereocenters. The van der Waals surface area contributed by atoms with E-state index in [0.29, 0.717) is 11.4 Å². The van der Waals surface area contributed by atoms with Crippen molar-refractivity contribution in [3.8, 4) is 0 Å². The molecule has 5 rings (SSSR count). The number of carbonyl (C=O) groups is 1. The van der Waals surface area contributed by atoms with Gasteiger partial charge in [0.2, 0.25) is 0 Å². The Morgan fingerprint density at radius 1 is 0.900 bits per heavy atom. The van der Waals surface area contributed by atoms with E-state index in [9.17, 15) is 4.79 Å². The van der Waals surface area contributed by atoms with Crippen LogP contribution >= 0.6 is 22.6 Å². The third-order valence-corrected chi connectivity index (χ3v) is 6.05. The van der Waals surface area contributed by atoms with Crippen molar-refractivity contribution < 1.29 is 4.79 Å². The smallest absolute Gasteiger partial charge is 0.264 e. The maximum atomic E-state index is 13.5. The van der Waals surface area contributed by atoms with Gasteiger partial charge in [0.1, 0.15) is 5.84 Å². The van der Waals surface area contributed by atoms with Crippen molar-refractivity contribution >= 4 is 56.6 Å². The van der Waals surface area contributed by atoms with Gasteiger partial charge in [0, 0.05) is 20.7 Å². The van der Waals surface area contributed by atoms with Gasteiger partial charge >= 0.3 is 0 Å². The van der Waals surface area contributed by atoms with Crippen LogP contribution in [0.15, 0.2) is 77.9 Å². The van der Waals surface area contributed by atoms with Gasteiger partial charge in [-0.1, -0.05) is 36.4 Å². The van der Waals surface area contributed by atoms with Crippen LogP contribution in [0.5, 0.6) is 0 Å². The van der Waals surface area contributed by atoms with E-state index < -0.39 is 0 Å². The standard InChI is InChI=1S/C25H18IN3O/c1-15-6-3-7-16(2)22(15)28-24-20-14-18(26)11-12-19(20)25(30)29(24)21-10-4-8-17-9-5-13-27-23(17)21/h3-14H,1-2H3. The molecule has 1 aliphatic rings. The molecule has 0 radical (unpaired) electrons. The van der Waals surface area contributed by atoms with Gasteiger partial charge in [0.15, 0.2) is 0 Å². The van der Waals surface area contributed by atoms with Gasteiger partial charge in [-0.25, -0.2) is 4.99 Å². The number of hydrogen-bond donors (Lipinski definition) is 0. The van der Waals surface area contributed by atoms with Crippen molar-refractivity contribution in [1.29, 1.82) is 0 Å². The number of aryl methyl sites for hydroxylation is 2. The number of halogens is 1. The van der Waals surface area contributed by atoms with Crippen LogP contribution in [0.25, 0.3) is 10.9 Å². The maximum Gasteiger partial charge on any atom is 0.264 e. The Hall–Kier alpha value is -3.06. The second-order valence-corrected chi connectivity index (χ2v) is 8.60. The zero-order valence-corrected chi connectivity index (χ0v) is 18.7. The minimum Gasteiger partial charge on any atom is -0.268 e. The van der Waals surface area contributed by atoms with Crippen molar-refractivity contribution in [2.24, 2.45) is 4.99 Å². The zero-order chi connectivity index (χ0) is 20.8. The number of anilines is 1. The first-order chi connectivity index (χ1) is 14.5. The summed E-state index contributed by atoms with van der Waals surface area (Å²) in [5.74, 6) is 0.564. The fourth-order valence-corrected chi connectivity index (χ4v) is 4.41. The summed E-state index contributed by atoms with van der Waals surface area (Å²) >= 11 is 2.27. The summed E-state index contributed by atoms with van der Waals surface area (Å²) in [7, 11) is 0. The van der Waals surface area contributed by atoms with Gasteiger partial charge in [0.05, 0.1) is 22.5 Å². The van der Waals surface area contributed by atoms with Crippen molar-refractivity contribution in [2.45, 2.75) is 13.8 Å². The summed E-state index contributed by atoms with van der Waals surface area (Å²) in [6.07, 6.45) is 1.75. The Labute approximate surface area is 188 Å². The molecule has 0 saturated heterocycles. The molecule has 0 fully saturated rings. The molecule has 146 valence electrons. The number of rotatable bonds is 2. The van der Waals surface area contributed by atoms with E-state index in [2.05, 4.69) is 27.6 Å². The minimum absolute atomic E-state index is 0.0791. The molecule has 0 bridgehead atoms. The van der Waals surface area contributed by atoms with Crippen LogP contribution in [-0.4, -0.2) is 16.7 Å². The Morgan fingerprint density at radius 2 is 1.63 bits per heavy atom. The second kappa shape index (κ2) is 7.32. The Morgan fingerprint density at radius 3 is 2.43 bits per heavy atom. The van der Waals surface area contributed by atoms with E-state index >= 15 is 0 Å². The molecule has 4 aromatic rings. The Bertz CT molecular complexity index is 1330. The molecule has 0 spiro atoms. The highest BCUT2D eigenvalue weighted by atomic mass is 127. The lowest BCUT2D eigenvalue weighted by molar-refractivity contribution is 0.101. The molecule has 0 saturated carbocycles.